The Morgan fingerprint density at radius 1 is 1.19 bits per heavy atom. The third-order valence-electron chi connectivity index (χ3n) is 5.03. The summed E-state index contributed by atoms with van der Waals surface area (Å²) in [6, 6.07) is -1.05. The second kappa shape index (κ2) is 6.69. The predicted octanol–water partition coefficient (Wildman–Crippen LogP) is 0.147. The highest BCUT2D eigenvalue weighted by atomic mass is 16.5. The fourth-order valence-corrected chi connectivity index (χ4v) is 3.35. The molecule has 10 nitrogen and oxygen atoms in total. The first-order valence-electron chi connectivity index (χ1n) is 8.52. The minimum Gasteiger partial charge on any atom is -0.467 e. The molecule has 0 fully saturated rings. The van der Waals surface area contributed by atoms with Gasteiger partial charge in [-0.25, -0.2) is 14.2 Å². The maximum absolute atomic E-state index is 13.2. The molecule has 0 spiro atoms. The van der Waals surface area contributed by atoms with Crippen molar-refractivity contribution in [2.75, 3.05) is 20.8 Å². The summed E-state index contributed by atoms with van der Waals surface area (Å²) < 4.78 is 15.7. The maximum Gasteiger partial charge on any atom is 0.333 e. The van der Waals surface area contributed by atoms with Crippen LogP contribution in [0.5, 0.6) is 0 Å². The van der Waals surface area contributed by atoms with E-state index in [0.29, 0.717) is 18.9 Å². The monoisotopic (exact) mass is 377 g/mol. The molecule has 1 atom stereocenters. The molecular formula is C17H23N5O5. The summed E-state index contributed by atoms with van der Waals surface area (Å²) in [5, 5.41) is 0. The highest BCUT2D eigenvalue weighted by Crippen LogP contribution is 2.20. The molecule has 0 saturated heterocycles. The maximum atomic E-state index is 13.2. The van der Waals surface area contributed by atoms with Crippen LogP contribution in [0.15, 0.2) is 9.59 Å². The number of ether oxygens (including phenoxy) is 2. The highest BCUT2D eigenvalue weighted by molar-refractivity contribution is 5.78. The van der Waals surface area contributed by atoms with Crippen LogP contribution in [0.3, 0.4) is 0 Å². The van der Waals surface area contributed by atoms with Gasteiger partial charge in [0.05, 0.1) is 13.7 Å². The number of carbonyl (C=O) groups is 1. The van der Waals surface area contributed by atoms with Crippen molar-refractivity contribution in [1.29, 1.82) is 0 Å². The molecule has 10 heteroatoms. The number of hydrogen-bond acceptors (Lipinski definition) is 6. The van der Waals surface area contributed by atoms with Crippen molar-refractivity contribution in [3.05, 3.63) is 32.2 Å². The Hall–Kier alpha value is -2.88. The van der Waals surface area contributed by atoms with Crippen molar-refractivity contribution >= 4 is 22.9 Å². The SMILES string of the molecule is COCCn1c(C)c(C)n2c3c(=O)n([C@H](C)C(=O)OC)c(=O)n(C)c3nc12. The van der Waals surface area contributed by atoms with Gasteiger partial charge in [-0.2, -0.15) is 4.98 Å². The normalized spacial score (nSPS) is 12.8. The van der Waals surface area contributed by atoms with Gasteiger partial charge in [-0.05, 0) is 20.8 Å². The lowest BCUT2D eigenvalue weighted by Crippen LogP contribution is -2.43. The Kier molecular flexibility index (Phi) is 4.68. The van der Waals surface area contributed by atoms with Crippen LogP contribution < -0.4 is 11.2 Å². The third kappa shape index (κ3) is 2.59. The molecule has 0 radical (unpaired) electrons. The van der Waals surface area contributed by atoms with E-state index >= 15 is 0 Å². The minimum absolute atomic E-state index is 0.250. The smallest absolute Gasteiger partial charge is 0.333 e. The molecule has 27 heavy (non-hydrogen) atoms. The van der Waals surface area contributed by atoms with E-state index in [2.05, 4.69) is 4.98 Å². The first-order chi connectivity index (χ1) is 12.8. The molecule has 3 rings (SSSR count). The number of esters is 1. The first-order valence-corrected chi connectivity index (χ1v) is 8.52. The van der Waals surface area contributed by atoms with E-state index in [4.69, 9.17) is 9.47 Å². The lowest BCUT2D eigenvalue weighted by molar-refractivity contribution is -0.144. The molecule has 3 aromatic heterocycles. The van der Waals surface area contributed by atoms with Gasteiger partial charge in [-0.1, -0.05) is 0 Å². The van der Waals surface area contributed by atoms with Crippen molar-refractivity contribution in [3.8, 4) is 0 Å². The molecule has 0 aliphatic carbocycles. The zero-order valence-electron chi connectivity index (χ0n) is 16.3. The highest BCUT2D eigenvalue weighted by Gasteiger charge is 2.26. The van der Waals surface area contributed by atoms with E-state index in [1.54, 1.807) is 11.5 Å². The molecule has 0 bridgehead atoms. The number of carbonyl (C=O) groups excluding carboxylic acids is 1. The number of aryl methyl sites for hydroxylation is 2. The van der Waals surface area contributed by atoms with Gasteiger partial charge in [0.25, 0.3) is 5.56 Å². The average molecular weight is 377 g/mol. The average Bonchev–Trinajstić information content (AvgIpc) is 3.14. The fraction of sp³-hybridized carbons (Fsp3) is 0.529. The van der Waals surface area contributed by atoms with Crippen LogP contribution in [-0.4, -0.2) is 49.9 Å². The van der Waals surface area contributed by atoms with E-state index in [-0.39, 0.29) is 11.2 Å². The lowest BCUT2D eigenvalue weighted by atomic mass is 10.3. The molecular weight excluding hydrogens is 354 g/mol. The van der Waals surface area contributed by atoms with Crippen molar-refractivity contribution < 1.29 is 14.3 Å². The topological polar surface area (TPSA) is 102 Å². The van der Waals surface area contributed by atoms with Crippen molar-refractivity contribution in [2.45, 2.75) is 33.4 Å². The summed E-state index contributed by atoms with van der Waals surface area (Å²) in [6.07, 6.45) is 0. The largest absolute Gasteiger partial charge is 0.467 e. The second-order valence-corrected chi connectivity index (χ2v) is 6.45. The van der Waals surface area contributed by atoms with Gasteiger partial charge in [0, 0.05) is 32.1 Å². The summed E-state index contributed by atoms with van der Waals surface area (Å²) in [6.45, 7) is 6.31. The van der Waals surface area contributed by atoms with E-state index < -0.39 is 23.3 Å². The van der Waals surface area contributed by atoms with Gasteiger partial charge >= 0.3 is 11.7 Å². The van der Waals surface area contributed by atoms with Gasteiger partial charge in [0.2, 0.25) is 5.78 Å². The zero-order valence-corrected chi connectivity index (χ0v) is 16.3. The number of nitrogens with zero attached hydrogens (tertiary/aromatic N) is 5. The quantitative estimate of drug-likeness (QED) is 0.587. The van der Waals surface area contributed by atoms with Gasteiger partial charge in [0.15, 0.2) is 11.2 Å². The lowest BCUT2D eigenvalue weighted by Gasteiger charge is -2.13. The third-order valence-corrected chi connectivity index (χ3v) is 5.03. The summed E-state index contributed by atoms with van der Waals surface area (Å²) >= 11 is 0. The van der Waals surface area contributed by atoms with Crippen LogP contribution in [0.4, 0.5) is 0 Å². The van der Waals surface area contributed by atoms with Crippen LogP contribution >= 0.6 is 0 Å². The summed E-state index contributed by atoms with van der Waals surface area (Å²) in [5.74, 6) is -0.118. The molecule has 146 valence electrons. The summed E-state index contributed by atoms with van der Waals surface area (Å²) in [5.41, 5.74) is 1.09. The van der Waals surface area contributed by atoms with Crippen LogP contribution in [0.25, 0.3) is 16.9 Å². The fourth-order valence-electron chi connectivity index (χ4n) is 3.35. The molecule has 0 unspecified atom stereocenters. The Bertz CT molecular complexity index is 1160. The summed E-state index contributed by atoms with van der Waals surface area (Å²) in [4.78, 5) is 42.4. The Morgan fingerprint density at radius 2 is 1.85 bits per heavy atom. The molecule has 0 saturated carbocycles. The number of methoxy groups -OCH3 is 2. The molecule has 3 aromatic rings. The molecule has 0 aliphatic rings. The molecule has 0 amide bonds. The Morgan fingerprint density at radius 3 is 2.44 bits per heavy atom. The van der Waals surface area contributed by atoms with Crippen molar-refractivity contribution in [1.82, 2.24) is 23.1 Å². The van der Waals surface area contributed by atoms with E-state index in [9.17, 15) is 14.4 Å². The molecule has 0 N–H and O–H groups in total. The second-order valence-electron chi connectivity index (χ2n) is 6.45. The van der Waals surface area contributed by atoms with E-state index in [0.717, 1.165) is 16.0 Å². The Balaban J connectivity index is 2.45. The van der Waals surface area contributed by atoms with Crippen LogP contribution in [0.2, 0.25) is 0 Å². The van der Waals surface area contributed by atoms with Crippen molar-refractivity contribution in [2.24, 2.45) is 7.05 Å². The molecule has 0 aromatic carbocycles. The molecule has 0 aliphatic heterocycles. The summed E-state index contributed by atoms with van der Waals surface area (Å²) in [7, 11) is 4.35. The molecule has 3 heterocycles. The van der Waals surface area contributed by atoms with Crippen LogP contribution in [0.1, 0.15) is 24.4 Å². The number of imidazole rings is 2. The van der Waals surface area contributed by atoms with Gasteiger partial charge in [-0.3, -0.25) is 13.8 Å². The minimum atomic E-state index is -1.05. The standard InChI is InChI=1S/C17H23N5O5/c1-9-10(2)21-12-13(18-16(21)20(9)7-8-26-5)19(4)17(25)22(14(12)23)11(3)15(24)27-6/h11H,7-8H2,1-6H3/t11-/m1/s1. The Labute approximate surface area is 154 Å². The number of rotatable bonds is 5. The van der Waals surface area contributed by atoms with Gasteiger partial charge < -0.3 is 14.0 Å². The van der Waals surface area contributed by atoms with E-state index in [1.165, 1.54) is 25.6 Å². The number of aromatic nitrogens is 5. The van der Waals surface area contributed by atoms with Gasteiger partial charge in [0.1, 0.15) is 6.04 Å². The van der Waals surface area contributed by atoms with Crippen molar-refractivity contribution in [3.63, 3.8) is 0 Å². The van der Waals surface area contributed by atoms with Crippen LogP contribution in [-0.2, 0) is 27.9 Å². The first kappa shape index (κ1) is 18.9. The number of hydrogen-bond donors (Lipinski definition) is 0. The van der Waals surface area contributed by atoms with Crippen LogP contribution in [0, 0.1) is 13.8 Å². The predicted molar refractivity (Wildman–Crippen MR) is 98.3 cm³/mol. The number of fused-ring (bicyclic) bond motifs is 3. The zero-order chi connectivity index (χ0) is 20.0. The van der Waals surface area contributed by atoms with E-state index in [1.807, 2.05) is 18.4 Å². The van der Waals surface area contributed by atoms with Gasteiger partial charge in [-0.15, -0.1) is 0 Å².